The van der Waals surface area contributed by atoms with Gasteiger partial charge in [-0.2, -0.15) is 13.2 Å². The largest absolute Gasteiger partial charge is 0.391 e. The molecule has 0 aromatic heterocycles. The SMILES string of the molecule is CCN1C(=O)N(C2CCC(C(F)(F)F)CC2)C(=O)C12CCN(CC1CCOCC1)CC2. The van der Waals surface area contributed by atoms with Gasteiger partial charge in [0.1, 0.15) is 5.54 Å². The van der Waals surface area contributed by atoms with Crippen LogP contribution in [0, 0.1) is 11.8 Å². The molecule has 0 bridgehead atoms. The number of nitrogens with zero attached hydrogens (tertiary/aromatic N) is 3. The van der Waals surface area contributed by atoms with Gasteiger partial charge >= 0.3 is 12.2 Å². The van der Waals surface area contributed by atoms with E-state index in [2.05, 4.69) is 4.90 Å². The van der Waals surface area contributed by atoms with Crippen molar-refractivity contribution in [3.05, 3.63) is 0 Å². The molecule has 3 heterocycles. The van der Waals surface area contributed by atoms with E-state index in [1.165, 1.54) is 4.90 Å². The monoisotopic (exact) mass is 445 g/mol. The number of hydrogen-bond donors (Lipinski definition) is 0. The van der Waals surface area contributed by atoms with E-state index in [0.29, 0.717) is 25.3 Å². The maximum atomic E-state index is 13.5. The fraction of sp³-hybridized carbons (Fsp3) is 0.909. The topological polar surface area (TPSA) is 53.1 Å². The zero-order chi connectivity index (χ0) is 22.2. The fourth-order valence-electron chi connectivity index (χ4n) is 6.04. The maximum absolute atomic E-state index is 13.5. The van der Waals surface area contributed by atoms with Gasteiger partial charge in [-0.3, -0.25) is 9.69 Å². The zero-order valence-electron chi connectivity index (χ0n) is 18.3. The van der Waals surface area contributed by atoms with Crippen LogP contribution in [0.1, 0.15) is 58.3 Å². The van der Waals surface area contributed by atoms with E-state index in [1.54, 1.807) is 4.90 Å². The number of rotatable bonds is 4. The second kappa shape index (κ2) is 8.89. The standard InChI is InChI=1S/C22H34F3N3O3/c1-2-27-20(30)28(18-5-3-17(4-6-18)22(23,24)25)19(29)21(27)9-11-26(12-10-21)15-16-7-13-31-14-8-16/h16-18H,2-15H2,1H3. The van der Waals surface area contributed by atoms with Gasteiger partial charge in [-0.25, -0.2) is 4.79 Å². The van der Waals surface area contributed by atoms with E-state index < -0.39 is 23.7 Å². The molecule has 0 radical (unpaired) electrons. The van der Waals surface area contributed by atoms with Gasteiger partial charge in [0.25, 0.3) is 5.91 Å². The predicted molar refractivity (Wildman–Crippen MR) is 108 cm³/mol. The highest BCUT2D eigenvalue weighted by Gasteiger charge is 2.59. The minimum Gasteiger partial charge on any atom is -0.381 e. The summed E-state index contributed by atoms with van der Waals surface area (Å²) >= 11 is 0. The number of likely N-dealkylation sites (tertiary alicyclic amines) is 1. The van der Waals surface area contributed by atoms with Crippen molar-refractivity contribution in [2.75, 3.05) is 39.4 Å². The van der Waals surface area contributed by atoms with Crippen LogP contribution in [-0.2, 0) is 9.53 Å². The molecule has 3 amide bonds. The lowest BCUT2D eigenvalue weighted by molar-refractivity contribution is -0.184. The second-order valence-corrected chi connectivity index (χ2v) is 9.64. The van der Waals surface area contributed by atoms with Gasteiger partial charge < -0.3 is 14.5 Å². The Labute approximate surface area is 182 Å². The van der Waals surface area contributed by atoms with Crippen LogP contribution in [-0.4, -0.2) is 83.8 Å². The number of carbonyl (C=O) groups is 2. The minimum absolute atomic E-state index is 0.0107. The summed E-state index contributed by atoms with van der Waals surface area (Å²) in [6, 6.07) is -0.715. The van der Waals surface area contributed by atoms with Crippen LogP contribution in [0.25, 0.3) is 0 Å². The summed E-state index contributed by atoms with van der Waals surface area (Å²) in [5.74, 6) is -0.881. The number of carbonyl (C=O) groups excluding carboxylic acids is 2. The van der Waals surface area contributed by atoms with E-state index in [1.807, 2.05) is 6.92 Å². The van der Waals surface area contributed by atoms with E-state index >= 15 is 0 Å². The summed E-state index contributed by atoms with van der Waals surface area (Å²) in [4.78, 5) is 32.1. The number of imide groups is 1. The number of amides is 3. The third-order valence-electron chi connectivity index (χ3n) is 7.95. The number of alkyl halides is 3. The molecule has 31 heavy (non-hydrogen) atoms. The van der Waals surface area contributed by atoms with Crippen molar-refractivity contribution in [3.8, 4) is 0 Å². The third kappa shape index (κ3) is 4.32. The number of halogens is 3. The zero-order valence-corrected chi connectivity index (χ0v) is 18.3. The van der Waals surface area contributed by atoms with Crippen molar-refractivity contribution < 1.29 is 27.5 Å². The Morgan fingerprint density at radius 2 is 1.61 bits per heavy atom. The first-order valence-electron chi connectivity index (χ1n) is 11.8. The molecule has 9 heteroatoms. The fourth-order valence-corrected chi connectivity index (χ4v) is 6.04. The molecule has 3 aliphatic heterocycles. The van der Waals surface area contributed by atoms with Gasteiger partial charge in [0, 0.05) is 45.4 Å². The van der Waals surface area contributed by atoms with Crippen LogP contribution in [0.5, 0.6) is 0 Å². The Morgan fingerprint density at radius 1 is 1.00 bits per heavy atom. The van der Waals surface area contributed by atoms with E-state index in [0.717, 1.165) is 45.7 Å². The highest BCUT2D eigenvalue weighted by atomic mass is 19.4. The van der Waals surface area contributed by atoms with Gasteiger partial charge in [-0.1, -0.05) is 0 Å². The molecule has 1 saturated carbocycles. The molecule has 0 atom stereocenters. The first-order chi connectivity index (χ1) is 14.8. The molecule has 176 valence electrons. The quantitative estimate of drug-likeness (QED) is 0.620. The molecule has 4 fully saturated rings. The average molecular weight is 446 g/mol. The summed E-state index contributed by atoms with van der Waals surface area (Å²) < 4.78 is 44.6. The van der Waals surface area contributed by atoms with Gasteiger partial charge in [-0.05, 0) is 64.2 Å². The Bertz CT molecular complexity index is 665. The lowest BCUT2D eigenvalue weighted by atomic mass is 9.83. The lowest BCUT2D eigenvalue weighted by Crippen LogP contribution is -2.57. The van der Waals surface area contributed by atoms with Crippen LogP contribution in [0.2, 0.25) is 0 Å². The Hall–Kier alpha value is -1.35. The molecule has 6 nitrogen and oxygen atoms in total. The maximum Gasteiger partial charge on any atom is 0.391 e. The molecule has 1 aliphatic carbocycles. The molecular weight excluding hydrogens is 411 g/mol. The molecule has 4 rings (SSSR count). The van der Waals surface area contributed by atoms with Crippen molar-refractivity contribution in [1.29, 1.82) is 0 Å². The molecule has 0 aromatic rings. The van der Waals surface area contributed by atoms with Crippen LogP contribution < -0.4 is 0 Å². The van der Waals surface area contributed by atoms with Gasteiger partial charge in [0.05, 0.1) is 5.92 Å². The predicted octanol–water partition coefficient (Wildman–Crippen LogP) is 3.65. The van der Waals surface area contributed by atoms with Crippen LogP contribution >= 0.6 is 0 Å². The van der Waals surface area contributed by atoms with Gasteiger partial charge in [0.15, 0.2) is 0 Å². The van der Waals surface area contributed by atoms with E-state index in [4.69, 9.17) is 4.74 Å². The van der Waals surface area contributed by atoms with Crippen molar-refractivity contribution >= 4 is 11.9 Å². The van der Waals surface area contributed by atoms with Crippen LogP contribution in [0.15, 0.2) is 0 Å². The summed E-state index contributed by atoms with van der Waals surface area (Å²) in [7, 11) is 0. The smallest absolute Gasteiger partial charge is 0.381 e. The van der Waals surface area contributed by atoms with E-state index in [9.17, 15) is 22.8 Å². The lowest BCUT2D eigenvalue weighted by Gasteiger charge is -2.43. The Balaban J connectivity index is 1.41. The summed E-state index contributed by atoms with van der Waals surface area (Å²) in [6.07, 6.45) is -0.407. The molecule has 4 aliphatic rings. The first kappa shape index (κ1) is 22.8. The van der Waals surface area contributed by atoms with Crippen molar-refractivity contribution in [3.63, 3.8) is 0 Å². The Morgan fingerprint density at radius 3 is 2.16 bits per heavy atom. The Kier molecular flexibility index (Phi) is 6.54. The van der Waals surface area contributed by atoms with Crippen molar-refractivity contribution in [2.45, 2.75) is 76.0 Å². The normalized spacial score (nSPS) is 31.1. The molecule has 0 aromatic carbocycles. The van der Waals surface area contributed by atoms with Crippen LogP contribution in [0.3, 0.4) is 0 Å². The number of piperidine rings is 1. The first-order valence-corrected chi connectivity index (χ1v) is 11.8. The van der Waals surface area contributed by atoms with Crippen molar-refractivity contribution in [2.24, 2.45) is 11.8 Å². The molecule has 3 saturated heterocycles. The van der Waals surface area contributed by atoms with Gasteiger partial charge in [0.2, 0.25) is 0 Å². The highest BCUT2D eigenvalue weighted by molar-refractivity contribution is 6.07. The average Bonchev–Trinajstić information content (AvgIpc) is 2.96. The van der Waals surface area contributed by atoms with Crippen molar-refractivity contribution in [1.82, 2.24) is 14.7 Å². The number of likely N-dealkylation sites (N-methyl/N-ethyl adjacent to an activating group) is 1. The third-order valence-corrected chi connectivity index (χ3v) is 7.95. The molecule has 1 spiro atoms. The molecular formula is C22H34F3N3O3. The summed E-state index contributed by atoms with van der Waals surface area (Å²) in [6.45, 7) is 6.47. The summed E-state index contributed by atoms with van der Waals surface area (Å²) in [5, 5.41) is 0. The second-order valence-electron chi connectivity index (χ2n) is 9.64. The molecule has 0 N–H and O–H groups in total. The summed E-state index contributed by atoms with van der Waals surface area (Å²) in [5.41, 5.74) is -0.821. The number of urea groups is 1. The van der Waals surface area contributed by atoms with Gasteiger partial charge in [-0.15, -0.1) is 0 Å². The minimum atomic E-state index is -4.20. The molecule has 0 unspecified atom stereocenters. The number of ether oxygens (including phenoxy) is 1. The van der Waals surface area contributed by atoms with Crippen LogP contribution in [0.4, 0.5) is 18.0 Å². The van der Waals surface area contributed by atoms with E-state index in [-0.39, 0.29) is 37.6 Å². The number of hydrogen-bond acceptors (Lipinski definition) is 4. The highest BCUT2D eigenvalue weighted by Crippen LogP contribution is 2.43.